The number of nitrogens with zero attached hydrogens (tertiary/aromatic N) is 2. The van der Waals surface area contributed by atoms with Crippen LogP contribution in [-0.2, 0) is 0 Å². The summed E-state index contributed by atoms with van der Waals surface area (Å²) in [6.07, 6.45) is 0. The number of H-pyrrole nitrogens is 1. The topological polar surface area (TPSA) is 97.3 Å². The van der Waals surface area contributed by atoms with Crippen LogP contribution in [0.15, 0.2) is 38.7 Å². The summed E-state index contributed by atoms with van der Waals surface area (Å²) >= 11 is 0. The fraction of sp³-hybridized carbons (Fsp3) is 0.250. The van der Waals surface area contributed by atoms with Gasteiger partial charge < -0.3 is 5.73 Å². The van der Waals surface area contributed by atoms with Crippen LogP contribution >= 0.6 is 0 Å². The molecular weight excluding hydrogens is 232 g/mol. The van der Waals surface area contributed by atoms with Gasteiger partial charge in [0.25, 0.3) is 0 Å². The molecule has 3 N–H and O–H groups in total. The lowest BCUT2D eigenvalue weighted by Gasteiger charge is -2.05. The molecular formula is C12H14N4O2. The highest BCUT2D eigenvalue weighted by atomic mass is 16.6. The van der Waals surface area contributed by atoms with Gasteiger partial charge in [0.1, 0.15) is 0 Å². The Balaban J connectivity index is 2.36. The monoisotopic (exact) mass is 246 g/mol. The van der Waals surface area contributed by atoms with E-state index in [1.54, 1.807) is 0 Å². The van der Waals surface area contributed by atoms with Crippen molar-refractivity contribution in [2.24, 2.45) is 10.7 Å². The van der Waals surface area contributed by atoms with E-state index in [2.05, 4.69) is 33.8 Å². The molecule has 0 fully saturated rings. The number of amidine groups is 1. The second-order valence-corrected chi connectivity index (χ2v) is 4.21. The first-order chi connectivity index (χ1) is 8.58. The summed E-state index contributed by atoms with van der Waals surface area (Å²) in [4.78, 5) is 15.4. The summed E-state index contributed by atoms with van der Waals surface area (Å²) < 4.78 is 4.42. The van der Waals surface area contributed by atoms with Crippen LogP contribution in [0.25, 0.3) is 0 Å². The predicted molar refractivity (Wildman–Crippen MR) is 68.0 cm³/mol. The van der Waals surface area contributed by atoms with Crippen LogP contribution in [0.1, 0.15) is 31.0 Å². The van der Waals surface area contributed by atoms with Crippen LogP contribution in [-0.4, -0.2) is 16.1 Å². The minimum Gasteiger partial charge on any atom is -0.382 e. The van der Waals surface area contributed by atoms with E-state index in [1.807, 2.05) is 24.3 Å². The molecule has 2 rings (SSSR count). The molecule has 2 aromatic rings. The second kappa shape index (κ2) is 4.87. The molecule has 0 atom stereocenters. The Bertz CT molecular complexity index is 625. The quantitative estimate of drug-likeness (QED) is 0.633. The van der Waals surface area contributed by atoms with Crippen molar-refractivity contribution < 1.29 is 4.63 Å². The average Bonchev–Trinajstić information content (AvgIpc) is 2.76. The number of benzene rings is 1. The first-order valence-corrected chi connectivity index (χ1v) is 5.57. The molecule has 6 heteroatoms. The fourth-order valence-electron chi connectivity index (χ4n) is 1.51. The number of nitrogens with one attached hydrogen (secondary N) is 1. The maximum absolute atomic E-state index is 11.3. The second-order valence-electron chi connectivity index (χ2n) is 4.21. The number of rotatable bonds is 3. The highest BCUT2D eigenvalue weighted by Crippen LogP contribution is 2.20. The van der Waals surface area contributed by atoms with Crippen molar-refractivity contribution in [3.05, 3.63) is 45.9 Å². The van der Waals surface area contributed by atoms with Gasteiger partial charge in [-0.1, -0.05) is 26.0 Å². The van der Waals surface area contributed by atoms with Crippen molar-refractivity contribution >= 4 is 11.5 Å². The predicted octanol–water partition coefficient (Wildman–Crippen LogP) is 1.52. The molecule has 0 bridgehead atoms. The van der Waals surface area contributed by atoms with Gasteiger partial charge in [0.2, 0.25) is 5.69 Å². The molecule has 0 amide bonds. The number of aromatic amines is 1. The zero-order chi connectivity index (χ0) is 13.1. The lowest BCUT2D eigenvalue weighted by Crippen LogP contribution is -2.21. The van der Waals surface area contributed by atoms with Gasteiger partial charge >= 0.3 is 5.56 Å². The Kier molecular flexibility index (Phi) is 3.27. The van der Waals surface area contributed by atoms with E-state index < -0.39 is 5.56 Å². The summed E-state index contributed by atoms with van der Waals surface area (Å²) in [5.41, 5.74) is 7.04. The van der Waals surface area contributed by atoms with Crippen LogP contribution in [0.4, 0.5) is 5.69 Å². The van der Waals surface area contributed by atoms with Crippen molar-refractivity contribution in [2.75, 3.05) is 0 Å². The van der Waals surface area contributed by atoms with Crippen molar-refractivity contribution in [2.45, 2.75) is 19.8 Å². The molecule has 0 aliphatic carbocycles. The summed E-state index contributed by atoms with van der Waals surface area (Å²) in [5, 5.41) is 5.53. The largest absolute Gasteiger partial charge is 0.382 e. The summed E-state index contributed by atoms with van der Waals surface area (Å²) in [5.74, 6) is 0.433. The third kappa shape index (κ3) is 2.48. The molecule has 0 aliphatic rings. The first kappa shape index (κ1) is 12.1. The molecule has 1 aromatic heterocycles. The highest BCUT2D eigenvalue weighted by molar-refractivity contribution is 5.96. The Hall–Kier alpha value is -2.37. The van der Waals surface area contributed by atoms with Crippen LogP contribution in [0.5, 0.6) is 0 Å². The van der Waals surface area contributed by atoms with Gasteiger partial charge in [0, 0.05) is 0 Å². The highest BCUT2D eigenvalue weighted by Gasteiger charge is 2.09. The normalized spacial score (nSPS) is 12.1. The van der Waals surface area contributed by atoms with E-state index in [4.69, 9.17) is 5.73 Å². The van der Waals surface area contributed by atoms with Crippen molar-refractivity contribution in [1.82, 2.24) is 10.3 Å². The van der Waals surface area contributed by atoms with Crippen molar-refractivity contribution in [1.29, 1.82) is 0 Å². The number of nitrogens with two attached hydrogens (primary N) is 1. The first-order valence-electron chi connectivity index (χ1n) is 5.57. The Labute approximate surface area is 103 Å². The number of hydrogen-bond acceptors (Lipinski definition) is 4. The fourth-order valence-corrected chi connectivity index (χ4v) is 1.51. The van der Waals surface area contributed by atoms with Gasteiger partial charge in [-0.25, -0.2) is 4.99 Å². The van der Waals surface area contributed by atoms with Gasteiger partial charge in [-0.2, -0.15) is 5.16 Å². The summed E-state index contributed by atoms with van der Waals surface area (Å²) in [6.45, 7) is 4.18. The van der Waals surface area contributed by atoms with E-state index >= 15 is 0 Å². The number of aromatic nitrogens is 2. The third-order valence-electron chi connectivity index (χ3n) is 2.52. The van der Waals surface area contributed by atoms with E-state index in [0.717, 1.165) is 5.56 Å². The molecule has 1 heterocycles. The van der Waals surface area contributed by atoms with Crippen LogP contribution in [0.3, 0.4) is 0 Å². The molecule has 0 aliphatic heterocycles. The Morgan fingerprint density at radius 2 is 2.28 bits per heavy atom. The zero-order valence-corrected chi connectivity index (χ0v) is 10.2. The van der Waals surface area contributed by atoms with Gasteiger partial charge in [0.15, 0.2) is 5.84 Å². The molecule has 0 spiro atoms. The number of aliphatic imine (C=N–C) groups is 1. The minimum absolute atomic E-state index is 0.00931. The van der Waals surface area contributed by atoms with Gasteiger partial charge in [-0.15, -0.1) is 0 Å². The minimum atomic E-state index is -0.490. The summed E-state index contributed by atoms with van der Waals surface area (Å²) in [7, 11) is 0. The maximum Gasteiger partial charge on any atom is 0.311 e. The lowest BCUT2D eigenvalue weighted by molar-refractivity contribution is 0.303. The Morgan fingerprint density at radius 1 is 1.50 bits per heavy atom. The number of hydrogen-bond donors (Lipinski definition) is 2. The van der Waals surface area contributed by atoms with Crippen LogP contribution in [0, 0.1) is 0 Å². The molecule has 0 unspecified atom stereocenters. The third-order valence-corrected chi connectivity index (χ3v) is 2.52. The SMILES string of the molecule is CC(C)c1cccc(N=C(N)c2no[nH]c2=O)c1. The smallest absolute Gasteiger partial charge is 0.311 e. The molecule has 94 valence electrons. The van der Waals surface area contributed by atoms with E-state index in [9.17, 15) is 4.79 Å². The van der Waals surface area contributed by atoms with E-state index in [1.165, 1.54) is 0 Å². The van der Waals surface area contributed by atoms with E-state index in [-0.39, 0.29) is 11.5 Å². The Morgan fingerprint density at radius 3 is 2.89 bits per heavy atom. The molecule has 0 saturated carbocycles. The van der Waals surface area contributed by atoms with Crippen LogP contribution in [0.2, 0.25) is 0 Å². The van der Waals surface area contributed by atoms with E-state index in [0.29, 0.717) is 11.6 Å². The van der Waals surface area contributed by atoms with Crippen molar-refractivity contribution in [3.8, 4) is 0 Å². The lowest BCUT2D eigenvalue weighted by atomic mass is 10.0. The molecule has 18 heavy (non-hydrogen) atoms. The molecule has 6 nitrogen and oxygen atoms in total. The van der Waals surface area contributed by atoms with Gasteiger partial charge in [-0.05, 0) is 28.8 Å². The van der Waals surface area contributed by atoms with Gasteiger partial charge in [-0.3, -0.25) is 9.42 Å². The molecule has 1 aromatic carbocycles. The standard InChI is InChI=1S/C12H14N4O2/c1-7(2)8-4-3-5-9(6-8)14-11(13)10-12(17)16-18-15-10/h3-7H,1-2H3,(H2,13,14)(H,16,17). The zero-order valence-electron chi connectivity index (χ0n) is 10.2. The maximum atomic E-state index is 11.3. The molecule has 0 saturated heterocycles. The van der Waals surface area contributed by atoms with Crippen LogP contribution < -0.4 is 11.3 Å². The van der Waals surface area contributed by atoms with Crippen molar-refractivity contribution in [3.63, 3.8) is 0 Å². The summed E-state index contributed by atoms with van der Waals surface area (Å²) in [6, 6.07) is 7.65. The van der Waals surface area contributed by atoms with Gasteiger partial charge in [0.05, 0.1) is 5.69 Å². The average molecular weight is 246 g/mol. The molecule has 0 radical (unpaired) electrons.